The first-order valence-electron chi connectivity index (χ1n) is 13.6. The average molecular weight is 618 g/mol. The lowest BCUT2D eigenvalue weighted by molar-refractivity contribution is -0.257. The molecule has 1 N–H and O–H groups in total. The quantitative estimate of drug-likeness (QED) is 0.335. The molecule has 4 rings (SSSR count). The fourth-order valence-corrected chi connectivity index (χ4v) is 5.97. The van der Waals surface area contributed by atoms with Crippen molar-refractivity contribution in [3.8, 4) is 11.6 Å². The molecule has 1 atom stereocenters. The number of aromatic nitrogens is 2. The second-order valence-electron chi connectivity index (χ2n) is 10.7. The molecule has 2 aromatic rings. The van der Waals surface area contributed by atoms with Crippen molar-refractivity contribution in [3.63, 3.8) is 0 Å². The zero-order chi connectivity index (χ0) is 30.9. The number of aryl methyl sites for hydroxylation is 1. The smallest absolute Gasteiger partial charge is 0.427 e. The molecule has 0 spiro atoms. The van der Waals surface area contributed by atoms with Gasteiger partial charge >= 0.3 is 12.1 Å². The lowest BCUT2D eigenvalue weighted by atomic mass is 10.1. The number of anilines is 1. The van der Waals surface area contributed by atoms with Gasteiger partial charge in [-0.25, -0.2) is 8.42 Å². The second kappa shape index (κ2) is 12.1. The Balaban J connectivity index is 1.67. The van der Waals surface area contributed by atoms with Gasteiger partial charge in [-0.2, -0.15) is 13.2 Å². The number of aliphatic hydroxyl groups excluding tert-OH is 1. The van der Waals surface area contributed by atoms with Crippen LogP contribution in [0.25, 0.3) is 0 Å². The number of aliphatic hydroxyl groups is 1. The molecule has 1 aromatic heterocycles. The number of ether oxygens (including phenoxy) is 3. The number of halogens is 3. The van der Waals surface area contributed by atoms with Gasteiger partial charge in [0, 0.05) is 25.1 Å². The van der Waals surface area contributed by atoms with Crippen molar-refractivity contribution in [2.24, 2.45) is 5.92 Å². The zero-order valence-electron chi connectivity index (χ0n) is 23.5. The number of fused-ring (bicyclic) bond motifs is 1. The highest BCUT2D eigenvalue weighted by molar-refractivity contribution is 7.93. The summed E-state index contributed by atoms with van der Waals surface area (Å²) < 4.78 is 86.4. The van der Waals surface area contributed by atoms with Gasteiger partial charge in [0.05, 0.1) is 25.3 Å². The van der Waals surface area contributed by atoms with Crippen LogP contribution < -0.4 is 13.8 Å². The number of hydrogen-bond donors (Lipinski definition) is 1. The van der Waals surface area contributed by atoms with Crippen LogP contribution in [-0.2, 0) is 37.3 Å². The summed E-state index contributed by atoms with van der Waals surface area (Å²) in [6.07, 6.45) is -2.55. The Bertz CT molecular complexity index is 1420. The first-order chi connectivity index (χ1) is 19.7. The molecule has 1 fully saturated rings. The number of hydrogen-bond acceptors (Lipinski definition) is 9. The number of carbonyl (C=O) groups excluding carboxylic acids is 2. The minimum Gasteiger partial charge on any atom is -0.486 e. The summed E-state index contributed by atoms with van der Waals surface area (Å²) >= 11 is 0. The third-order valence-electron chi connectivity index (χ3n) is 7.02. The number of nitrogens with zero attached hydrogens (tertiary/aromatic N) is 3. The van der Waals surface area contributed by atoms with Crippen LogP contribution in [0.1, 0.15) is 52.0 Å². The van der Waals surface area contributed by atoms with E-state index in [0.29, 0.717) is 6.54 Å². The summed E-state index contributed by atoms with van der Waals surface area (Å²) in [5, 5.41) is 13.3. The molecule has 11 nitrogen and oxygen atoms in total. The summed E-state index contributed by atoms with van der Waals surface area (Å²) in [5.74, 6) is -1.07. The van der Waals surface area contributed by atoms with E-state index in [0.717, 1.165) is 31.0 Å². The number of Topliss-reactive ketones (excluding diaryl/α,β-unsaturated/α-hetero) is 1. The van der Waals surface area contributed by atoms with Crippen molar-refractivity contribution < 1.29 is 50.5 Å². The molecule has 1 aromatic carbocycles. The summed E-state index contributed by atoms with van der Waals surface area (Å²) in [4.78, 5) is 24.5. The maximum absolute atomic E-state index is 14.1. The lowest BCUT2D eigenvalue weighted by Gasteiger charge is -2.35. The highest BCUT2D eigenvalue weighted by Crippen LogP contribution is 2.41. The molecule has 0 amide bonds. The molecule has 1 aliphatic heterocycles. The van der Waals surface area contributed by atoms with Gasteiger partial charge < -0.3 is 19.3 Å². The molecule has 2 aliphatic rings. The van der Waals surface area contributed by atoms with Crippen LogP contribution in [0, 0.1) is 5.92 Å². The largest absolute Gasteiger partial charge is 0.486 e. The van der Waals surface area contributed by atoms with Gasteiger partial charge in [-0.15, -0.1) is 5.10 Å². The van der Waals surface area contributed by atoms with E-state index >= 15 is 0 Å². The van der Waals surface area contributed by atoms with Crippen molar-refractivity contribution in [1.82, 2.24) is 9.78 Å². The molecule has 0 unspecified atom stereocenters. The highest BCUT2D eigenvalue weighted by atomic mass is 32.2. The number of sulfonamides is 1. The molecular weight excluding hydrogens is 583 g/mol. The molecule has 0 saturated heterocycles. The Hall–Kier alpha value is -3.33. The number of esters is 1. The number of ketones is 1. The van der Waals surface area contributed by atoms with Crippen LogP contribution in [-0.4, -0.2) is 72.7 Å². The Kier molecular flexibility index (Phi) is 9.11. The van der Waals surface area contributed by atoms with Gasteiger partial charge in [0.25, 0.3) is 15.9 Å². The fourth-order valence-electron chi connectivity index (χ4n) is 4.39. The summed E-state index contributed by atoms with van der Waals surface area (Å²) in [5.41, 5.74) is -2.46. The number of carbonyl (C=O) groups is 2. The van der Waals surface area contributed by atoms with Crippen molar-refractivity contribution in [2.45, 2.75) is 82.2 Å². The van der Waals surface area contributed by atoms with Crippen molar-refractivity contribution >= 4 is 27.5 Å². The maximum atomic E-state index is 14.1. The fraction of sp³-hybridized carbons (Fsp3) is 0.593. The summed E-state index contributed by atoms with van der Waals surface area (Å²) in [6, 6.07) is 4.22. The van der Waals surface area contributed by atoms with Gasteiger partial charge in [0.1, 0.15) is 24.2 Å². The molecule has 1 aliphatic carbocycles. The zero-order valence-corrected chi connectivity index (χ0v) is 24.3. The van der Waals surface area contributed by atoms with Crippen molar-refractivity contribution in [3.05, 3.63) is 30.0 Å². The third kappa shape index (κ3) is 7.00. The van der Waals surface area contributed by atoms with Gasteiger partial charge in [-0.05, 0) is 57.7 Å². The van der Waals surface area contributed by atoms with E-state index in [2.05, 4.69) is 9.84 Å². The number of alkyl halides is 3. The minimum atomic E-state index is -4.79. The van der Waals surface area contributed by atoms with Gasteiger partial charge in [0.15, 0.2) is 4.90 Å². The Morgan fingerprint density at radius 2 is 1.93 bits per heavy atom. The topological polar surface area (TPSA) is 137 Å². The molecule has 0 bridgehead atoms. The molecule has 1 saturated carbocycles. The lowest BCUT2D eigenvalue weighted by Crippen LogP contribution is -2.44. The Morgan fingerprint density at radius 1 is 1.21 bits per heavy atom. The molecule has 15 heteroatoms. The van der Waals surface area contributed by atoms with Crippen LogP contribution in [0.2, 0.25) is 0 Å². The first-order valence-corrected chi connectivity index (χ1v) is 15.0. The summed E-state index contributed by atoms with van der Waals surface area (Å²) in [7, 11) is -4.38. The van der Waals surface area contributed by atoms with Crippen molar-refractivity contribution in [1.29, 1.82) is 0 Å². The monoisotopic (exact) mass is 617 g/mol. The van der Waals surface area contributed by atoms with E-state index in [4.69, 9.17) is 9.47 Å². The number of rotatable bonds is 13. The van der Waals surface area contributed by atoms with Crippen LogP contribution >= 0.6 is 0 Å². The van der Waals surface area contributed by atoms with Gasteiger partial charge in [0.2, 0.25) is 5.60 Å². The van der Waals surface area contributed by atoms with E-state index in [1.807, 2.05) is 0 Å². The number of benzene rings is 1. The SMILES string of the molecule is CCn1cc(S(=O)(=O)N2C[C@H](CCC(=O)C3CC3)Oc3ccc(CC(=O)OC(C)(C)C(F)(F)F)cc32)c(OCCO)n1. The summed E-state index contributed by atoms with van der Waals surface area (Å²) in [6.45, 7) is 2.80. The van der Waals surface area contributed by atoms with Crippen LogP contribution in [0.5, 0.6) is 11.6 Å². The Labute approximate surface area is 241 Å². The first kappa shape index (κ1) is 31.6. The molecular formula is C27H34F3N3O8S. The maximum Gasteiger partial charge on any atom is 0.427 e. The predicted octanol–water partition coefficient (Wildman–Crippen LogP) is 3.42. The Morgan fingerprint density at radius 3 is 2.55 bits per heavy atom. The van der Waals surface area contributed by atoms with E-state index in [-0.39, 0.29) is 72.1 Å². The van der Waals surface area contributed by atoms with E-state index < -0.39 is 40.3 Å². The molecule has 2 heterocycles. The third-order valence-corrected chi connectivity index (χ3v) is 8.78. The molecule has 232 valence electrons. The standard InChI is InChI=1S/C27H34F3N3O8S/c1-4-32-16-23(25(31-32)39-12-11-34)42(37,38)33-15-19(8-9-21(35)18-6-7-18)40-22-10-5-17(13-20(22)33)14-24(36)41-26(2,3)27(28,29)30/h5,10,13,16,18-19,34H,4,6-9,11-12,14-15H2,1-3H3/t19-/m0/s1. The molecule has 42 heavy (non-hydrogen) atoms. The van der Waals surface area contributed by atoms with Crippen LogP contribution in [0.3, 0.4) is 0 Å². The van der Waals surface area contributed by atoms with E-state index in [9.17, 15) is 36.3 Å². The average Bonchev–Trinajstić information content (AvgIpc) is 3.68. The van der Waals surface area contributed by atoms with Gasteiger partial charge in [-0.1, -0.05) is 6.07 Å². The van der Waals surface area contributed by atoms with Crippen LogP contribution in [0.4, 0.5) is 18.9 Å². The second-order valence-corrected chi connectivity index (χ2v) is 12.6. The predicted molar refractivity (Wildman–Crippen MR) is 143 cm³/mol. The molecule has 0 radical (unpaired) electrons. The highest BCUT2D eigenvalue weighted by Gasteiger charge is 2.50. The van der Waals surface area contributed by atoms with Crippen LogP contribution in [0.15, 0.2) is 29.3 Å². The van der Waals surface area contributed by atoms with Crippen molar-refractivity contribution in [2.75, 3.05) is 24.1 Å². The normalized spacial score (nSPS) is 17.4. The minimum absolute atomic E-state index is 0.0384. The van der Waals surface area contributed by atoms with E-state index in [1.54, 1.807) is 6.92 Å². The van der Waals surface area contributed by atoms with Gasteiger partial charge in [-0.3, -0.25) is 18.6 Å². The van der Waals surface area contributed by atoms with E-state index in [1.165, 1.54) is 29.1 Å².